The Bertz CT molecular complexity index is 188. The number of aliphatic imine (C=N–C) groups is 1. The average Bonchev–Trinajstić information content (AvgIpc) is 2.39. The van der Waals surface area contributed by atoms with Crippen molar-refractivity contribution in [1.29, 1.82) is 0 Å². The molecule has 4 heteroatoms. The van der Waals surface area contributed by atoms with E-state index in [4.69, 9.17) is 5.73 Å². The molecule has 4 nitrogen and oxygen atoms in total. The summed E-state index contributed by atoms with van der Waals surface area (Å²) in [6.07, 6.45) is 0.648. The predicted molar refractivity (Wildman–Crippen MR) is 43.3 cm³/mol. The fourth-order valence-electron chi connectivity index (χ4n) is 0.974. The van der Waals surface area contributed by atoms with Crippen LogP contribution in [0, 0.1) is 5.92 Å². The van der Waals surface area contributed by atoms with Crippen LogP contribution in [0.2, 0.25) is 0 Å². The molecule has 0 aromatic heterocycles. The lowest BCUT2D eigenvalue weighted by atomic mass is 10.1. The molecule has 0 radical (unpaired) electrons. The third-order valence-corrected chi connectivity index (χ3v) is 1.73. The molecule has 0 fully saturated rings. The van der Waals surface area contributed by atoms with Gasteiger partial charge in [-0.15, -0.1) is 0 Å². The molecular formula is C7H13N3O. The molecule has 0 aromatic carbocycles. The van der Waals surface area contributed by atoms with Gasteiger partial charge in [-0.3, -0.25) is 9.79 Å². The minimum atomic E-state index is -0.263. The molecule has 0 aromatic rings. The zero-order valence-corrected chi connectivity index (χ0v) is 6.63. The van der Waals surface area contributed by atoms with Gasteiger partial charge in [-0.2, -0.15) is 0 Å². The zero-order valence-electron chi connectivity index (χ0n) is 6.63. The molecule has 1 amide bonds. The van der Waals surface area contributed by atoms with Crippen LogP contribution < -0.4 is 11.1 Å². The van der Waals surface area contributed by atoms with Crippen LogP contribution in [-0.4, -0.2) is 24.8 Å². The van der Waals surface area contributed by atoms with E-state index < -0.39 is 0 Å². The lowest BCUT2D eigenvalue weighted by Gasteiger charge is -2.06. The van der Waals surface area contributed by atoms with E-state index in [0.717, 1.165) is 18.9 Å². The molecule has 1 rings (SSSR count). The summed E-state index contributed by atoms with van der Waals surface area (Å²) in [4.78, 5) is 14.8. The highest BCUT2D eigenvalue weighted by Crippen LogP contribution is 2.02. The van der Waals surface area contributed by atoms with Gasteiger partial charge in [-0.1, -0.05) is 6.92 Å². The molecule has 62 valence electrons. The van der Waals surface area contributed by atoms with Gasteiger partial charge in [0, 0.05) is 18.9 Å². The Hall–Kier alpha value is -1.06. The van der Waals surface area contributed by atoms with Crippen molar-refractivity contribution in [2.24, 2.45) is 16.6 Å². The van der Waals surface area contributed by atoms with Crippen molar-refractivity contribution in [2.75, 3.05) is 13.1 Å². The Kier molecular flexibility index (Phi) is 2.46. The normalized spacial score (nSPS) is 18.8. The Labute approximate surface area is 65.9 Å². The van der Waals surface area contributed by atoms with E-state index in [1.54, 1.807) is 0 Å². The first-order valence-electron chi connectivity index (χ1n) is 3.76. The highest BCUT2D eigenvalue weighted by atomic mass is 16.1. The summed E-state index contributed by atoms with van der Waals surface area (Å²) in [6.45, 7) is 3.52. The zero-order chi connectivity index (χ0) is 8.27. The van der Waals surface area contributed by atoms with Crippen molar-refractivity contribution in [2.45, 2.75) is 13.3 Å². The maximum Gasteiger partial charge on any atom is 0.220 e. The van der Waals surface area contributed by atoms with Crippen LogP contribution in [0.1, 0.15) is 13.3 Å². The van der Waals surface area contributed by atoms with Crippen LogP contribution in [0.4, 0.5) is 0 Å². The van der Waals surface area contributed by atoms with Crippen LogP contribution in [0.25, 0.3) is 0 Å². The number of nitrogens with one attached hydrogen (secondary N) is 1. The lowest BCUT2D eigenvalue weighted by Crippen LogP contribution is -2.27. The van der Waals surface area contributed by atoms with E-state index in [0.29, 0.717) is 6.42 Å². The SMILES string of the molecule is CC(CC1=NCCN1)C(N)=O. The Morgan fingerprint density at radius 2 is 2.64 bits per heavy atom. The number of hydrogen-bond acceptors (Lipinski definition) is 3. The van der Waals surface area contributed by atoms with Crippen molar-refractivity contribution >= 4 is 11.7 Å². The van der Waals surface area contributed by atoms with E-state index in [1.165, 1.54) is 0 Å². The van der Waals surface area contributed by atoms with Gasteiger partial charge in [-0.05, 0) is 0 Å². The van der Waals surface area contributed by atoms with Gasteiger partial charge < -0.3 is 11.1 Å². The quantitative estimate of drug-likeness (QED) is 0.577. The van der Waals surface area contributed by atoms with Gasteiger partial charge in [0.1, 0.15) is 0 Å². The summed E-state index contributed by atoms with van der Waals surface area (Å²) >= 11 is 0. The number of carbonyl (C=O) groups is 1. The molecule has 11 heavy (non-hydrogen) atoms. The Balaban J connectivity index is 2.35. The van der Waals surface area contributed by atoms with Gasteiger partial charge in [0.2, 0.25) is 5.91 Å². The first kappa shape index (κ1) is 8.04. The smallest absolute Gasteiger partial charge is 0.220 e. The van der Waals surface area contributed by atoms with Gasteiger partial charge >= 0.3 is 0 Å². The Morgan fingerprint density at radius 3 is 3.09 bits per heavy atom. The number of primary amides is 1. The van der Waals surface area contributed by atoms with Crippen LogP contribution in [0.15, 0.2) is 4.99 Å². The van der Waals surface area contributed by atoms with Crippen LogP contribution in [0.3, 0.4) is 0 Å². The minimum absolute atomic E-state index is 0.112. The molecule has 1 aliphatic rings. The van der Waals surface area contributed by atoms with Crippen LogP contribution >= 0.6 is 0 Å². The minimum Gasteiger partial charge on any atom is -0.372 e. The number of nitrogens with zero attached hydrogens (tertiary/aromatic N) is 1. The van der Waals surface area contributed by atoms with E-state index in [-0.39, 0.29) is 11.8 Å². The lowest BCUT2D eigenvalue weighted by molar-refractivity contribution is -0.121. The topological polar surface area (TPSA) is 67.5 Å². The molecule has 1 aliphatic heterocycles. The standard InChI is InChI=1S/C7H13N3O/c1-5(7(8)11)4-6-9-2-3-10-6/h5H,2-4H2,1H3,(H2,8,11)(H,9,10). The summed E-state index contributed by atoms with van der Waals surface area (Å²) in [5.74, 6) is 0.539. The van der Waals surface area contributed by atoms with Crippen molar-refractivity contribution in [3.8, 4) is 0 Å². The first-order chi connectivity index (χ1) is 5.20. The predicted octanol–water partition coefficient (Wildman–Crippen LogP) is -0.500. The summed E-state index contributed by atoms with van der Waals surface area (Å²) in [6, 6.07) is 0. The molecule has 1 heterocycles. The fourth-order valence-corrected chi connectivity index (χ4v) is 0.974. The van der Waals surface area contributed by atoms with E-state index in [1.807, 2.05) is 6.92 Å². The maximum atomic E-state index is 10.6. The molecule has 0 saturated heterocycles. The second kappa shape index (κ2) is 3.37. The summed E-state index contributed by atoms with van der Waals surface area (Å²) in [5.41, 5.74) is 5.09. The van der Waals surface area contributed by atoms with Gasteiger partial charge in [0.25, 0.3) is 0 Å². The summed E-state index contributed by atoms with van der Waals surface area (Å²) in [7, 11) is 0. The largest absolute Gasteiger partial charge is 0.372 e. The number of rotatable bonds is 3. The molecule has 3 N–H and O–H groups in total. The fraction of sp³-hybridized carbons (Fsp3) is 0.714. The Morgan fingerprint density at radius 1 is 1.91 bits per heavy atom. The third-order valence-electron chi connectivity index (χ3n) is 1.73. The van der Waals surface area contributed by atoms with E-state index in [9.17, 15) is 4.79 Å². The molecule has 1 unspecified atom stereocenters. The second-order valence-corrected chi connectivity index (χ2v) is 2.76. The first-order valence-corrected chi connectivity index (χ1v) is 3.76. The van der Waals surface area contributed by atoms with Crippen molar-refractivity contribution < 1.29 is 4.79 Å². The maximum absolute atomic E-state index is 10.6. The van der Waals surface area contributed by atoms with E-state index >= 15 is 0 Å². The number of amidine groups is 1. The van der Waals surface area contributed by atoms with Crippen LogP contribution in [-0.2, 0) is 4.79 Å². The molecule has 1 atom stereocenters. The van der Waals surface area contributed by atoms with Gasteiger partial charge in [0.05, 0.1) is 12.4 Å². The number of amides is 1. The number of carbonyl (C=O) groups excluding carboxylic acids is 1. The monoisotopic (exact) mass is 155 g/mol. The summed E-state index contributed by atoms with van der Waals surface area (Å²) < 4.78 is 0. The van der Waals surface area contributed by atoms with Crippen molar-refractivity contribution in [3.63, 3.8) is 0 Å². The molecule has 0 spiro atoms. The highest BCUT2D eigenvalue weighted by Gasteiger charge is 2.13. The van der Waals surface area contributed by atoms with Crippen molar-refractivity contribution in [3.05, 3.63) is 0 Å². The number of nitrogens with two attached hydrogens (primary N) is 1. The average molecular weight is 155 g/mol. The molecular weight excluding hydrogens is 142 g/mol. The molecule has 0 saturated carbocycles. The molecule has 0 bridgehead atoms. The van der Waals surface area contributed by atoms with Crippen molar-refractivity contribution in [1.82, 2.24) is 5.32 Å². The van der Waals surface area contributed by atoms with Gasteiger partial charge in [0.15, 0.2) is 0 Å². The highest BCUT2D eigenvalue weighted by molar-refractivity contribution is 5.88. The van der Waals surface area contributed by atoms with Gasteiger partial charge in [-0.25, -0.2) is 0 Å². The van der Waals surface area contributed by atoms with Crippen LogP contribution in [0.5, 0.6) is 0 Å². The van der Waals surface area contributed by atoms with E-state index in [2.05, 4.69) is 10.3 Å². The summed E-state index contributed by atoms with van der Waals surface area (Å²) in [5, 5.41) is 3.08. The third kappa shape index (κ3) is 2.22. The molecule has 0 aliphatic carbocycles. The number of hydrogen-bond donors (Lipinski definition) is 2. The second-order valence-electron chi connectivity index (χ2n) is 2.76.